The van der Waals surface area contributed by atoms with E-state index < -0.39 is 24.3 Å². The van der Waals surface area contributed by atoms with E-state index in [2.05, 4.69) is 34.6 Å². The zero-order valence-corrected chi connectivity index (χ0v) is 29.2. The number of morpholine rings is 1. The van der Waals surface area contributed by atoms with E-state index in [0.29, 0.717) is 6.42 Å². The number of benzene rings is 4. The third-order valence-electron chi connectivity index (χ3n) is 9.61. The Hall–Kier alpha value is -4.58. The van der Waals surface area contributed by atoms with E-state index in [-0.39, 0.29) is 31.3 Å². The Bertz CT molecular complexity index is 1730. The molecule has 3 N–H and O–H groups in total. The van der Waals surface area contributed by atoms with Crippen LogP contribution in [-0.4, -0.2) is 74.1 Å². The first-order chi connectivity index (χ1) is 24.9. The highest BCUT2D eigenvalue weighted by Gasteiger charge is 2.39. The van der Waals surface area contributed by atoms with E-state index >= 15 is 0 Å². The van der Waals surface area contributed by atoms with Gasteiger partial charge in [-0.2, -0.15) is 0 Å². The Morgan fingerprint density at radius 1 is 0.843 bits per heavy atom. The summed E-state index contributed by atoms with van der Waals surface area (Å²) in [6.45, 7) is 6.41. The van der Waals surface area contributed by atoms with Crippen LogP contribution in [0.2, 0.25) is 0 Å². The van der Waals surface area contributed by atoms with Crippen LogP contribution in [-0.2, 0) is 43.3 Å². The van der Waals surface area contributed by atoms with Crippen molar-refractivity contribution in [2.75, 3.05) is 40.0 Å². The molecule has 2 fully saturated rings. The van der Waals surface area contributed by atoms with Crippen LogP contribution in [0.4, 0.5) is 4.79 Å². The summed E-state index contributed by atoms with van der Waals surface area (Å²) >= 11 is 0. The highest BCUT2D eigenvalue weighted by molar-refractivity contribution is 5.83. The lowest BCUT2D eigenvalue weighted by Gasteiger charge is -2.43. The molecule has 0 bridgehead atoms. The topological polar surface area (TPSA) is 119 Å². The molecule has 0 saturated carbocycles. The average molecular weight is 694 g/mol. The van der Waals surface area contributed by atoms with Crippen LogP contribution in [0, 0.1) is 5.92 Å². The molecule has 2 aliphatic rings. The highest BCUT2D eigenvalue weighted by atomic mass is 16.7. The lowest BCUT2D eigenvalue weighted by Crippen LogP contribution is -2.47. The van der Waals surface area contributed by atoms with Gasteiger partial charge in [0.05, 0.1) is 39.1 Å². The Morgan fingerprint density at radius 2 is 1.55 bits per heavy atom. The minimum absolute atomic E-state index is 0.00534. The molecule has 2 heterocycles. The Labute approximate surface area is 299 Å². The normalized spacial score (nSPS) is 21.4. The molecule has 0 spiro atoms. The number of carbonyl (C=O) groups is 2. The third-order valence-corrected chi connectivity index (χ3v) is 9.61. The first kappa shape index (κ1) is 36.2. The summed E-state index contributed by atoms with van der Waals surface area (Å²) in [5, 5.41) is 15.2. The van der Waals surface area contributed by atoms with E-state index in [1.807, 2.05) is 91.0 Å². The van der Waals surface area contributed by atoms with Crippen molar-refractivity contribution in [3.8, 4) is 11.1 Å². The molecule has 0 unspecified atom stereocenters. The van der Waals surface area contributed by atoms with Crippen molar-refractivity contribution in [1.82, 2.24) is 15.5 Å². The lowest BCUT2D eigenvalue weighted by atomic mass is 9.89. The summed E-state index contributed by atoms with van der Waals surface area (Å²) in [7, 11) is 1.31. The zero-order valence-electron chi connectivity index (χ0n) is 29.2. The number of ether oxygens (including phenoxy) is 4. The lowest BCUT2D eigenvalue weighted by molar-refractivity contribution is -0.277. The van der Waals surface area contributed by atoms with Crippen LogP contribution in [0.1, 0.15) is 47.1 Å². The molecule has 4 aromatic carbocycles. The molecule has 0 aliphatic carbocycles. The monoisotopic (exact) mass is 693 g/mol. The number of amides is 2. The van der Waals surface area contributed by atoms with Gasteiger partial charge >= 0.3 is 12.0 Å². The van der Waals surface area contributed by atoms with Crippen LogP contribution in [0.15, 0.2) is 103 Å². The number of aliphatic hydroxyl groups excluding tert-OH is 1. The maximum absolute atomic E-state index is 12.9. The van der Waals surface area contributed by atoms with Crippen molar-refractivity contribution >= 4 is 12.0 Å². The number of carbonyl (C=O) groups excluding carboxylic acids is 2. The summed E-state index contributed by atoms with van der Waals surface area (Å²) in [4.78, 5) is 27.7. The van der Waals surface area contributed by atoms with Gasteiger partial charge in [0.15, 0.2) is 6.29 Å². The molecular weight excluding hydrogens is 646 g/mol. The largest absolute Gasteiger partial charge is 0.467 e. The number of nitrogens with zero attached hydrogens (tertiary/aromatic N) is 1. The maximum Gasteiger partial charge on any atom is 0.328 e. The van der Waals surface area contributed by atoms with E-state index in [4.69, 9.17) is 18.9 Å². The first-order valence-electron chi connectivity index (χ1n) is 17.6. The number of urea groups is 1. The fourth-order valence-corrected chi connectivity index (χ4v) is 6.67. The van der Waals surface area contributed by atoms with Crippen LogP contribution < -0.4 is 10.6 Å². The number of aliphatic hydroxyl groups is 1. The molecule has 2 amide bonds. The molecule has 4 aromatic rings. The quantitative estimate of drug-likeness (QED) is 0.165. The number of hydrogen-bond acceptors (Lipinski definition) is 8. The molecule has 0 radical (unpaired) electrons. The molecule has 2 saturated heterocycles. The fraction of sp³-hybridized carbons (Fsp3) is 0.366. The van der Waals surface area contributed by atoms with Crippen LogP contribution >= 0.6 is 0 Å². The van der Waals surface area contributed by atoms with Gasteiger partial charge in [-0.1, -0.05) is 97.9 Å². The van der Waals surface area contributed by atoms with Crippen molar-refractivity contribution in [1.29, 1.82) is 0 Å². The standard InChI is InChI=1S/C41H47N3O7/c1-28-37(26-44-18-20-49-21-19-44)50-40(51-38(28)32-16-14-30(27-45)15-17-32)35-13-7-12-34(24-35)33-11-6-10-31(22-33)25-42-41(47)43-36(39(46)48-2)23-29-8-4-3-5-9-29/h3-17,22,24,28,36-38,40,45H,18-21,23,25-27H2,1-2H3,(H2,42,43,47)/t28-,36+,37+,38+,40+/m1/s1. The molecule has 6 rings (SSSR count). The summed E-state index contributed by atoms with van der Waals surface area (Å²) in [5.41, 5.74) is 6.63. The van der Waals surface area contributed by atoms with Gasteiger partial charge in [-0.25, -0.2) is 9.59 Å². The summed E-state index contributed by atoms with van der Waals surface area (Å²) in [5.74, 6) is -0.413. The smallest absolute Gasteiger partial charge is 0.328 e. The fourth-order valence-electron chi connectivity index (χ4n) is 6.67. The molecular formula is C41H47N3O7. The van der Waals surface area contributed by atoms with Gasteiger partial charge in [0.2, 0.25) is 0 Å². The van der Waals surface area contributed by atoms with E-state index in [9.17, 15) is 14.7 Å². The van der Waals surface area contributed by atoms with Crippen molar-refractivity contribution in [2.45, 2.75) is 51.0 Å². The number of hydrogen-bond donors (Lipinski definition) is 3. The van der Waals surface area contributed by atoms with Crippen LogP contribution in [0.5, 0.6) is 0 Å². The second-order valence-electron chi connectivity index (χ2n) is 13.2. The van der Waals surface area contributed by atoms with Gasteiger partial charge < -0.3 is 34.7 Å². The number of nitrogens with one attached hydrogen (secondary N) is 2. The highest BCUT2D eigenvalue weighted by Crippen LogP contribution is 2.42. The molecule has 268 valence electrons. The third kappa shape index (κ3) is 9.61. The van der Waals surface area contributed by atoms with Gasteiger partial charge in [0.25, 0.3) is 0 Å². The molecule has 51 heavy (non-hydrogen) atoms. The second-order valence-corrected chi connectivity index (χ2v) is 13.2. The van der Waals surface area contributed by atoms with E-state index in [0.717, 1.165) is 71.8 Å². The molecule has 0 aromatic heterocycles. The van der Waals surface area contributed by atoms with Crippen molar-refractivity contribution in [2.24, 2.45) is 5.92 Å². The number of esters is 1. The zero-order chi connectivity index (χ0) is 35.6. The first-order valence-corrected chi connectivity index (χ1v) is 17.6. The summed E-state index contributed by atoms with van der Waals surface area (Å²) < 4.78 is 24.0. The van der Waals surface area contributed by atoms with E-state index in [1.54, 1.807) is 0 Å². The van der Waals surface area contributed by atoms with Gasteiger partial charge in [0, 0.05) is 44.1 Å². The SMILES string of the molecule is COC(=O)[C@H](Cc1ccccc1)NC(=O)NCc1cccc(-c2cccc([C@H]3O[C@@H](CN4CCOCC4)[C@@H](C)[C@@H](c4ccc(CO)cc4)O3)c2)c1. The van der Waals surface area contributed by atoms with Crippen molar-refractivity contribution in [3.63, 3.8) is 0 Å². The van der Waals surface area contributed by atoms with Gasteiger partial charge in [-0.05, 0) is 45.5 Å². The average Bonchev–Trinajstić information content (AvgIpc) is 3.18. The number of rotatable bonds is 12. The second kappa shape index (κ2) is 17.6. The Morgan fingerprint density at radius 3 is 2.27 bits per heavy atom. The molecule has 5 atom stereocenters. The molecule has 10 heteroatoms. The van der Waals surface area contributed by atoms with E-state index in [1.165, 1.54) is 7.11 Å². The summed E-state index contributed by atoms with van der Waals surface area (Å²) in [6, 6.07) is 32.4. The minimum atomic E-state index is -0.813. The molecule has 2 aliphatic heterocycles. The summed E-state index contributed by atoms with van der Waals surface area (Å²) in [6.07, 6.45) is -0.523. The maximum atomic E-state index is 12.9. The van der Waals surface area contributed by atoms with Crippen molar-refractivity contribution in [3.05, 3.63) is 131 Å². The van der Waals surface area contributed by atoms with Gasteiger partial charge in [-0.15, -0.1) is 0 Å². The van der Waals surface area contributed by atoms with Crippen LogP contribution in [0.3, 0.4) is 0 Å². The molecule has 10 nitrogen and oxygen atoms in total. The Balaban J connectivity index is 1.15. The predicted octanol–water partition coefficient (Wildman–Crippen LogP) is 5.55. The Kier molecular flexibility index (Phi) is 12.5. The minimum Gasteiger partial charge on any atom is -0.467 e. The van der Waals surface area contributed by atoms with Gasteiger partial charge in [-0.3, -0.25) is 4.90 Å². The van der Waals surface area contributed by atoms with Gasteiger partial charge in [0.1, 0.15) is 6.04 Å². The van der Waals surface area contributed by atoms with Crippen LogP contribution in [0.25, 0.3) is 11.1 Å². The number of methoxy groups -OCH3 is 1. The van der Waals surface area contributed by atoms with Crippen molar-refractivity contribution < 1.29 is 33.6 Å². The predicted molar refractivity (Wildman–Crippen MR) is 193 cm³/mol.